The molecular weight excluding hydrogens is 396 g/mol. The number of pyridine rings is 1. The van der Waals surface area contributed by atoms with Gasteiger partial charge in [0.2, 0.25) is 5.91 Å². The Hall–Kier alpha value is -4.13. The van der Waals surface area contributed by atoms with E-state index >= 15 is 0 Å². The monoisotopic (exact) mass is 418 g/mol. The van der Waals surface area contributed by atoms with Crippen molar-refractivity contribution in [3.05, 3.63) is 89.8 Å². The number of benzene rings is 2. The van der Waals surface area contributed by atoms with Gasteiger partial charge in [0.25, 0.3) is 0 Å². The first-order valence-corrected chi connectivity index (χ1v) is 9.58. The largest absolute Gasteiger partial charge is 0.493 e. The van der Waals surface area contributed by atoms with Gasteiger partial charge in [-0.1, -0.05) is 24.3 Å². The third-order valence-electron chi connectivity index (χ3n) is 4.40. The molecule has 7 nitrogen and oxygen atoms in total. The van der Waals surface area contributed by atoms with Crippen LogP contribution < -0.4 is 14.8 Å². The molecule has 31 heavy (non-hydrogen) atoms. The van der Waals surface area contributed by atoms with Gasteiger partial charge in [0.05, 0.1) is 25.0 Å². The Morgan fingerprint density at radius 1 is 1.10 bits per heavy atom. The molecule has 0 atom stereocenters. The molecule has 0 aliphatic heterocycles. The molecule has 1 amide bonds. The van der Waals surface area contributed by atoms with Gasteiger partial charge in [0, 0.05) is 24.9 Å². The molecule has 3 aromatic rings. The molecule has 2 aromatic carbocycles. The molecule has 7 heteroatoms. The van der Waals surface area contributed by atoms with E-state index in [4.69, 9.17) is 9.47 Å². The number of aromatic carboxylic acids is 1. The number of carbonyl (C=O) groups is 2. The summed E-state index contributed by atoms with van der Waals surface area (Å²) < 4.78 is 11.2. The van der Waals surface area contributed by atoms with E-state index in [1.165, 1.54) is 18.2 Å². The number of aromatic nitrogens is 1. The first-order valence-electron chi connectivity index (χ1n) is 9.58. The highest BCUT2D eigenvalue weighted by molar-refractivity contribution is 6.06. The fourth-order valence-corrected chi connectivity index (χ4v) is 2.86. The van der Waals surface area contributed by atoms with Crippen molar-refractivity contribution in [2.24, 2.45) is 0 Å². The quantitative estimate of drug-likeness (QED) is 0.509. The first kappa shape index (κ1) is 21.6. The Bertz CT molecular complexity index is 1080. The summed E-state index contributed by atoms with van der Waals surface area (Å²) in [6.07, 6.45) is 7.19. The predicted molar refractivity (Wildman–Crippen MR) is 117 cm³/mol. The van der Waals surface area contributed by atoms with Crippen LogP contribution in [0.5, 0.6) is 11.5 Å². The highest BCUT2D eigenvalue weighted by Gasteiger charge is 2.10. The second kappa shape index (κ2) is 10.6. The van der Waals surface area contributed by atoms with E-state index in [2.05, 4.69) is 10.3 Å². The van der Waals surface area contributed by atoms with E-state index in [0.717, 1.165) is 17.5 Å². The Kier molecular flexibility index (Phi) is 7.37. The van der Waals surface area contributed by atoms with Crippen molar-refractivity contribution >= 4 is 23.6 Å². The molecule has 0 bridgehead atoms. The van der Waals surface area contributed by atoms with Crippen LogP contribution in [0.2, 0.25) is 0 Å². The number of para-hydroxylation sites is 1. The number of carboxylic acids is 1. The summed E-state index contributed by atoms with van der Waals surface area (Å²) in [5.41, 5.74) is 2.08. The van der Waals surface area contributed by atoms with E-state index in [0.29, 0.717) is 18.1 Å². The van der Waals surface area contributed by atoms with Crippen LogP contribution in [0.1, 0.15) is 21.5 Å². The van der Waals surface area contributed by atoms with E-state index in [9.17, 15) is 14.7 Å². The lowest BCUT2D eigenvalue weighted by molar-refractivity contribution is -0.111. The van der Waals surface area contributed by atoms with E-state index in [1.807, 2.05) is 12.1 Å². The number of anilines is 1. The van der Waals surface area contributed by atoms with Crippen molar-refractivity contribution in [1.82, 2.24) is 4.98 Å². The van der Waals surface area contributed by atoms with Crippen molar-refractivity contribution in [3.8, 4) is 11.5 Å². The fourth-order valence-electron chi connectivity index (χ4n) is 2.86. The molecule has 2 N–H and O–H groups in total. The molecule has 0 fully saturated rings. The van der Waals surface area contributed by atoms with Gasteiger partial charge in [0.1, 0.15) is 0 Å². The van der Waals surface area contributed by atoms with Gasteiger partial charge in [-0.05, 0) is 47.5 Å². The van der Waals surface area contributed by atoms with Gasteiger partial charge in [-0.3, -0.25) is 9.78 Å². The standard InChI is InChI=1S/C24H22N2O5/c1-30-22-15-17(8-10-21(22)31-14-12-18-5-4-13-25-16-18)9-11-23(27)26-20-7-3-2-6-19(20)24(28)29/h2-11,13,15-16H,12,14H2,1H3,(H,26,27)(H,28,29). The number of nitrogens with one attached hydrogen (secondary N) is 1. The van der Waals surface area contributed by atoms with E-state index in [1.54, 1.807) is 55.9 Å². The molecular formula is C24H22N2O5. The molecule has 0 saturated heterocycles. The number of hydrogen-bond donors (Lipinski definition) is 2. The molecule has 3 rings (SSSR count). The van der Waals surface area contributed by atoms with Gasteiger partial charge in [-0.25, -0.2) is 4.79 Å². The van der Waals surface area contributed by atoms with Crippen LogP contribution in [0.15, 0.2) is 73.1 Å². The maximum Gasteiger partial charge on any atom is 0.337 e. The topological polar surface area (TPSA) is 97.8 Å². The minimum atomic E-state index is -1.11. The number of amides is 1. The average molecular weight is 418 g/mol. The number of ether oxygens (including phenoxy) is 2. The summed E-state index contributed by atoms with van der Waals surface area (Å²) >= 11 is 0. The molecule has 1 aromatic heterocycles. The minimum Gasteiger partial charge on any atom is -0.493 e. The maximum atomic E-state index is 12.2. The molecule has 0 unspecified atom stereocenters. The van der Waals surface area contributed by atoms with Gasteiger partial charge in [0.15, 0.2) is 11.5 Å². The van der Waals surface area contributed by atoms with Gasteiger partial charge < -0.3 is 19.9 Å². The molecule has 1 heterocycles. The summed E-state index contributed by atoms with van der Waals surface area (Å²) in [5.74, 6) is -0.401. The third kappa shape index (κ3) is 6.17. The molecule has 0 radical (unpaired) electrons. The van der Waals surface area contributed by atoms with Crippen molar-refractivity contribution in [1.29, 1.82) is 0 Å². The average Bonchev–Trinajstić information content (AvgIpc) is 2.79. The molecule has 0 aliphatic carbocycles. The van der Waals surface area contributed by atoms with Crippen LogP contribution in [0, 0.1) is 0 Å². The lowest BCUT2D eigenvalue weighted by Gasteiger charge is -2.11. The van der Waals surface area contributed by atoms with Gasteiger partial charge in [-0.15, -0.1) is 0 Å². The van der Waals surface area contributed by atoms with E-state index in [-0.39, 0.29) is 11.3 Å². The normalized spacial score (nSPS) is 10.6. The van der Waals surface area contributed by atoms with Crippen LogP contribution in [0.3, 0.4) is 0 Å². The highest BCUT2D eigenvalue weighted by Crippen LogP contribution is 2.28. The van der Waals surface area contributed by atoms with Crippen LogP contribution >= 0.6 is 0 Å². The summed E-state index contributed by atoms with van der Waals surface area (Å²) in [7, 11) is 1.55. The van der Waals surface area contributed by atoms with Crippen LogP contribution in [-0.4, -0.2) is 35.7 Å². The Balaban J connectivity index is 1.62. The van der Waals surface area contributed by atoms with Crippen molar-refractivity contribution in [2.45, 2.75) is 6.42 Å². The number of nitrogens with zero attached hydrogens (tertiary/aromatic N) is 1. The fraction of sp³-hybridized carbons (Fsp3) is 0.125. The summed E-state index contributed by atoms with van der Waals surface area (Å²) in [6, 6.07) is 15.4. The zero-order chi connectivity index (χ0) is 22.1. The zero-order valence-electron chi connectivity index (χ0n) is 16.9. The zero-order valence-corrected chi connectivity index (χ0v) is 16.9. The Morgan fingerprint density at radius 2 is 1.94 bits per heavy atom. The van der Waals surface area contributed by atoms with Gasteiger partial charge in [-0.2, -0.15) is 0 Å². The van der Waals surface area contributed by atoms with Crippen molar-refractivity contribution in [2.75, 3.05) is 19.0 Å². The third-order valence-corrected chi connectivity index (χ3v) is 4.40. The number of hydrogen-bond acceptors (Lipinski definition) is 5. The first-order chi connectivity index (χ1) is 15.1. The summed E-state index contributed by atoms with van der Waals surface area (Å²) in [6.45, 7) is 0.475. The second-order valence-electron chi connectivity index (χ2n) is 6.54. The lowest BCUT2D eigenvalue weighted by atomic mass is 10.1. The Morgan fingerprint density at radius 3 is 2.68 bits per heavy atom. The van der Waals surface area contributed by atoms with Crippen molar-refractivity contribution < 1.29 is 24.2 Å². The highest BCUT2D eigenvalue weighted by atomic mass is 16.5. The smallest absolute Gasteiger partial charge is 0.337 e. The predicted octanol–water partition coefficient (Wildman–Crippen LogP) is 4.06. The maximum absolute atomic E-state index is 12.2. The van der Waals surface area contributed by atoms with Crippen molar-refractivity contribution in [3.63, 3.8) is 0 Å². The van der Waals surface area contributed by atoms with Crippen LogP contribution in [0.4, 0.5) is 5.69 Å². The molecule has 158 valence electrons. The van der Waals surface area contributed by atoms with Gasteiger partial charge >= 0.3 is 5.97 Å². The van der Waals surface area contributed by atoms with E-state index < -0.39 is 11.9 Å². The summed E-state index contributed by atoms with van der Waals surface area (Å²) in [4.78, 5) is 27.5. The Labute approximate surface area is 180 Å². The number of methoxy groups -OCH3 is 1. The summed E-state index contributed by atoms with van der Waals surface area (Å²) in [5, 5.41) is 11.8. The minimum absolute atomic E-state index is 0.0266. The lowest BCUT2D eigenvalue weighted by Crippen LogP contribution is -2.11. The number of rotatable bonds is 9. The molecule has 0 saturated carbocycles. The number of carbonyl (C=O) groups excluding carboxylic acids is 1. The second-order valence-corrected chi connectivity index (χ2v) is 6.54. The molecule has 0 spiro atoms. The number of carboxylic acid groups (broad SMARTS) is 1. The molecule has 0 aliphatic rings. The SMILES string of the molecule is COc1cc(C=CC(=O)Nc2ccccc2C(=O)O)ccc1OCCc1cccnc1. The van der Waals surface area contributed by atoms with Crippen LogP contribution in [0.25, 0.3) is 6.08 Å². The van der Waals surface area contributed by atoms with Crippen LogP contribution in [-0.2, 0) is 11.2 Å².